The maximum Gasteiger partial charge on any atom is 0.261 e. The van der Waals surface area contributed by atoms with Gasteiger partial charge in [-0.05, 0) is 19.3 Å². The monoisotopic (exact) mass is 226 g/mol. The number of hydrazine groups is 1. The molecule has 4 nitrogen and oxygen atoms in total. The Hall–Kier alpha value is -0.300. The fourth-order valence-corrected chi connectivity index (χ4v) is 1.18. The highest BCUT2D eigenvalue weighted by atomic mass is 19.3. The number of hydrogen-bond acceptors (Lipinski definition) is 4. The molecule has 0 amide bonds. The van der Waals surface area contributed by atoms with Crippen LogP contribution in [0.2, 0.25) is 0 Å². The second kappa shape index (κ2) is 10.2. The third-order valence-electron chi connectivity index (χ3n) is 1.99. The molecule has 0 bridgehead atoms. The Labute approximate surface area is 89.1 Å². The Morgan fingerprint density at radius 2 is 2.00 bits per heavy atom. The Balaban J connectivity index is 3.35. The highest BCUT2D eigenvalue weighted by molar-refractivity contribution is 4.62. The number of halogens is 2. The summed E-state index contributed by atoms with van der Waals surface area (Å²) in [6, 6.07) is 0.0952. The molecule has 0 radical (unpaired) electrons. The first-order chi connectivity index (χ1) is 7.20. The lowest BCUT2D eigenvalue weighted by Gasteiger charge is -2.15. The molecule has 0 saturated heterocycles. The molecule has 3 N–H and O–H groups in total. The van der Waals surface area contributed by atoms with Crippen LogP contribution in [0.5, 0.6) is 0 Å². The molecule has 0 aliphatic rings. The van der Waals surface area contributed by atoms with E-state index in [2.05, 4.69) is 5.43 Å². The van der Waals surface area contributed by atoms with Crippen molar-refractivity contribution in [2.45, 2.75) is 31.7 Å². The zero-order valence-electron chi connectivity index (χ0n) is 9.05. The third kappa shape index (κ3) is 9.99. The van der Waals surface area contributed by atoms with Crippen LogP contribution in [-0.4, -0.2) is 39.4 Å². The van der Waals surface area contributed by atoms with Crippen molar-refractivity contribution in [1.29, 1.82) is 0 Å². The van der Waals surface area contributed by atoms with E-state index < -0.39 is 13.0 Å². The second-order valence-electron chi connectivity index (χ2n) is 3.25. The average molecular weight is 226 g/mol. The predicted octanol–water partition coefficient (Wildman–Crippen LogP) is 0.917. The summed E-state index contributed by atoms with van der Waals surface area (Å²) in [5, 5.41) is 0. The Morgan fingerprint density at radius 3 is 2.53 bits per heavy atom. The smallest absolute Gasteiger partial charge is 0.261 e. The number of methoxy groups -OCH3 is 1. The van der Waals surface area contributed by atoms with Crippen LogP contribution < -0.4 is 11.3 Å². The Morgan fingerprint density at radius 1 is 1.27 bits per heavy atom. The van der Waals surface area contributed by atoms with Crippen molar-refractivity contribution in [3.8, 4) is 0 Å². The summed E-state index contributed by atoms with van der Waals surface area (Å²) in [5.74, 6) is 5.30. The molecule has 0 aliphatic heterocycles. The minimum absolute atomic E-state index is 0.0952. The van der Waals surface area contributed by atoms with Crippen LogP contribution in [-0.2, 0) is 9.47 Å². The van der Waals surface area contributed by atoms with E-state index in [1.165, 1.54) is 0 Å². The molecule has 1 unspecified atom stereocenters. The largest absolute Gasteiger partial charge is 0.385 e. The molecule has 0 saturated carbocycles. The van der Waals surface area contributed by atoms with Crippen molar-refractivity contribution in [1.82, 2.24) is 5.43 Å². The Bertz CT molecular complexity index is 139. The minimum atomic E-state index is -2.40. The molecule has 0 aromatic carbocycles. The molecule has 0 heterocycles. The van der Waals surface area contributed by atoms with Gasteiger partial charge in [0.15, 0.2) is 0 Å². The first kappa shape index (κ1) is 14.7. The highest BCUT2D eigenvalue weighted by Crippen LogP contribution is 2.02. The molecule has 0 aliphatic carbocycles. The zero-order valence-corrected chi connectivity index (χ0v) is 9.05. The van der Waals surface area contributed by atoms with Gasteiger partial charge in [0, 0.05) is 26.4 Å². The first-order valence-electron chi connectivity index (χ1n) is 5.01. The molecule has 0 aromatic rings. The van der Waals surface area contributed by atoms with Crippen molar-refractivity contribution in [2.75, 3.05) is 26.9 Å². The van der Waals surface area contributed by atoms with Crippen LogP contribution in [0.15, 0.2) is 0 Å². The second-order valence-corrected chi connectivity index (χ2v) is 3.25. The van der Waals surface area contributed by atoms with Gasteiger partial charge >= 0.3 is 0 Å². The SMILES string of the molecule is COCCCC(CCOCC(F)F)NN. The van der Waals surface area contributed by atoms with Crippen LogP contribution in [0.25, 0.3) is 0 Å². The van der Waals surface area contributed by atoms with Crippen LogP contribution in [0.3, 0.4) is 0 Å². The summed E-state index contributed by atoms with van der Waals surface area (Å²) >= 11 is 0. The molecule has 1 atom stereocenters. The topological polar surface area (TPSA) is 56.5 Å². The molecule has 0 rings (SSSR count). The van der Waals surface area contributed by atoms with Gasteiger partial charge in [0.1, 0.15) is 6.61 Å². The summed E-state index contributed by atoms with van der Waals surface area (Å²) in [7, 11) is 1.64. The lowest BCUT2D eigenvalue weighted by Crippen LogP contribution is -2.36. The lowest BCUT2D eigenvalue weighted by molar-refractivity contribution is 0.0140. The Kier molecular flexibility index (Phi) is 10.0. The molecule has 92 valence electrons. The van der Waals surface area contributed by atoms with Gasteiger partial charge in [-0.3, -0.25) is 11.3 Å². The van der Waals surface area contributed by atoms with E-state index in [0.717, 1.165) is 12.8 Å². The van der Waals surface area contributed by atoms with E-state index >= 15 is 0 Å². The normalized spacial score (nSPS) is 13.4. The van der Waals surface area contributed by atoms with Gasteiger partial charge in [0.2, 0.25) is 0 Å². The van der Waals surface area contributed by atoms with Crippen molar-refractivity contribution < 1.29 is 18.3 Å². The van der Waals surface area contributed by atoms with Gasteiger partial charge in [0.25, 0.3) is 6.43 Å². The van der Waals surface area contributed by atoms with Crippen LogP contribution in [0.1, 0.15) is 19.3 Å². The van der Waals surface area contributed by atoms with Crippen LogP contribution in [0.4, 0.5) is 8.78 Å². The van der Waals surface area contributed by atoms with E-state index in [4.69, 9.17) is 15.3 Å². The first-order valence-corrected chi connectivity index (χ1v) is 5.01. The standard InChI is InChI=1S/C9H20F2N2O2/c1-14-5-2-3-8(13-12)4-6-15-7-9(10)11/h8-9,13H,2-7,12H2,1H3. The summed E-state index contributed by atoms with van der Waals surface area (Å²) in [4.78, 5) is 0. The van der Waals surface area contributed by atoms with E-state index in [0.29, 0.717) is 19.6 Å². The lowest BCUT2D eigenvalue weighted by atomic mass is 10.1. The molecule has 0 spiro atoms. The summed E-state index contributed by atoms with van der Waals surface area (Å²) < 4.78 is 33.1. The van der Waals surface area contributed by atoms with Crippen molar-refractivity contribution in [3.63, 3.8) is 0 Å². The number of nitrogens with one attached hydrogen (secondary N) is 1. The highest BCUT2D eigenvalue weighted by Gasteiger charge is 2.07. The number of nitrogens with two attached hydrogens (primary N) is 1. The molecule has 0 aromatic heterocycles. The van der Waals surface area contributed by atoms with Gasteiger partial charge in [-0.25, -0.2) is 8.78 Å². The maximum absolute atomic E-state index is 11.7. The van der Waals surface area contributed by atoms with E-state index in [1.54, 1.807) is 7.11 Å². The molecule has 15 heavy (non-hydrogen) atoms. The van der Waals surface area contributed by atoms with Crippen molar-refractivity contribution >= 4 is 0 Å². The summed E-state index contributed by atoms with van der Waals surface area (Å²) in [5.41, 5.74) is 2.63. The fourth-order valence-electron chi connectivity index (χ4n) is 1.18. The van der Waals surface area contributed by atoms with E-state index in [1.807, 2.05) is 0 Å². The number of alkyl halides is 2. The molecule has 6 heteroatoms. The maximum atomic E-state index is 11.7. The van der Waals surface area contributed by atoms with Gasteiger partial charge in [-0.2, -0.15) is 0 Å². The van der Waals surface area contributed by atoms with Gasteiger partial charge in [-0.1, -0.05) is 0 Å². The summed E-state index contributed by atoms with van der Waals surface area (Å²) in [6.07, 6.45) is -0.0296. The minimum Gasteiger partial charge on any atom is -0.385 e. The number of hydrogen-bond donors (Lipinski definition) is 2. The van der Waals surface area contributed by atoms with Crippen LogP contribution >= 0.6 is 0 Å². The van der Waals surface area contributed by atoms with Gasteiger partial charge in [0.05, 0.1) is 0 Å². The van der Waals surface area contributed by atoms with Crippen molar-refractivity contribution in [3.05, 3.63) is 0 Å². The van der Waals surface area contributed by atoms with Crippen LogP contribution in [0, 0.1) is 0 Å². The van der Waals surface area contributed by atoms with E-state index in [-0.39, 0.29) is 6.04 Å². The van der Waals surface area contributed by atoms with Crippen molar-refractivity contribution in [2.24, 2.45) is 5.84 Å². The fraction of sp³-hybridized carbons (Fsp3) is 1.00. The third-order valence-corrected chi connectivity index (χ3v) is 1.99. The number of rotatable bonds is 10. The van der Waals surface area contributed by atoms with Gasteiger partial charge in [-0.15, -0.1) is 0 Å². The van der Waals surface area contributed by atoms with E-state index in [9.17, 15) is 8.78 Å². The molecular weight excluding hydrogens is 206 g/mol. The van der Waals surface area contributed by atoms with Gasteiger partial charge < -0.3 is 9.47 Å². The zero-order chi connectivity index (χ0) is 11.5. The molecule has 0 fully saturated rings. The molecular formula is C9H20F2N2O2. The number of ether oxygens (including phenoxy) is 2. The average Bonchev–Trinajstić information content (AvgIpc) is 2.21. The summed E-state index contributed by atoms with van der Waals surface area (Å²) in [6.45, 7) is 0.470. The quantitative estimate of drug-likeness (QED) is 0.330. The predicted molar refractivity (Wildman–Crippen MR) is 53.7 cm³/mol.